The lowest BCUT2D eigenvalue weighted by atomic mass is 10.0. The van der Waals surface area contributed by atoms with Crippen molar-refractivity contribution in [1.29, 1.82) is 0 Å². The molecule has 19 heavy (non-hydrogen) atoms. The van der Waals surface area contributed by atoms with Crippen LogP contribution in [0.4, 0.5) is 5.69 Å². The number of anilines is 1. The number of methoxy groups -OCH3 is 1. The van der Waals surface area contributed by atoms with Gasteiger partial charge in [0, 0.05) is 39.0 Å². The largest absolute Gasteiger partial charge is 0.383 e. The molecule has 1 saturated heterocycles. The molecule has 2 rings (SSSR count). The van der Waals surface area contributed by atoms with Crippen molar-refractivity contribution in [2.75, 3.05) is 38.3 Å². The second-order valence-corrected chi connectivity index (χ2v) is 5.68. The molecule has 108 valence electrons. The Balaban J connectivity index is 1.91. The third kappa shape index (κ3) is 4.21. The van der Waals surface area contributed by atoms with E-state index < -0.39 is 0 Å². The summed E-state index contributed by atoms with van der Waals surface area (Å²) in [4.78, 5) is 2.43. The average Bonchev–Trinajstić information content (AvgIpc) is 2.84. The molecule has 0 aliphatic carbocycles. The van der Waals surface area contributed by atoms with E-state index in [4.69, 9.17) is 4.74 Å². The van der Waals surface area contributed by atoms with Gasteiger partial charge in [0.05, 0.1) is 25.0 Å². The molecular weight excluding hydrogens is 240 g/mol. The van der Waals surface area contributed by atoms with Gasteiger partial charge in [-0.3, -0.25) is 4.68 Å². The number of hydrogen-bond donors (Lipinski definition) is 1. The minimum atomic E-state index is 0.594. The van der Waals surface area contributed by atoms with Gasteiger partial charge in [0.15, 0.2) is 0 Å². The van der Waals surface area contributed by atoms with Crippen molar-refractivity contribution >= 4 is 5.69 Å². The van der Waals surface area contributed by atoms with Crippen molar-refractivity contribution in [1.82, 2.24) is 15.1 Å². The third-order valence-corrected chi connectivity index (χ3v) is 3.52. The van der Waals surface area contributed by atoms with Gasteiger partial charge in [-0.25, -0.2) is 0 Å². The first-order chi connectivity index (χ1) is 9.19. The van der Waals surface area contributed by atoms with Gasteiger partial charge in [0.1, 0.15) is 0 Å². The Morgan fingerprint density at radius 3 is 3.11 bits per heavy atom. The van der Waals surface area contributed by atoms with Gasteiger partial charge < -0.3 is 15.0 Å². The Morgan fingerprint density at radius 2 is 2.37 bits per heavy atom. The van der Waals surface area contributed by atoms with Crippen molar-refractivity contribution in [3.8, 4) is 0 Å². The van der Waals surface area contributed by atoms with E-state index in [1.807, 2.05) is 10.9 Å². The first-order valence-electron chi connectivity index (χ1n) is 7.18. The molecule has 1 aromatic rings. The second kappa shape index (κ2) is 6.91. The van der Waals surface area contributed by atoms with Crippen molar-refractivity contribution in [3.05, 3.63) is 12.4 Å². The van der Waals surface area contributed by atoms with Crippen molar-refractivity contribution in [3.63, 3.8) is 0 Å². The van der Waals surface area contributed by atoms with E-state index in [0.717, 1.165) is 32.1 Å². The molecule has 0 radical (unpaired) electrons. The molecule has 2 heterocycles. The number of rotatable bonds is 6. The van der Waals surface area contributed by atoms with E-state index in [1.165, 1.54) is 12.1 Å². The molecule has 1 unspecified atom stereocenters. The summed E-state index contributed by atoms with van der Waals surface area (Å²) >= 11 is 0. The van der Waals surface area contributed by atoms with Crippen LogP contribution in [0.15, 0.2) is 12.4 Å². The van der Waals surface area contributed by atoms with Gasteiger partial charge in [0.25, 0.3) is 0 Å². The van der Waals surface area contributed by atoms with Crippen molar-refractivity contribution in [2.45, 2.75) is 32.9 Å². The van der Waals surface area contributed by atoms with Gasteiger partial charge in [-0.2, -0.15) is 5.10 Å². The second-order valence-electron chi connectivity index (χ2n) is 5.68. The highest BCUT2D eigenvalue weighted by atomic mass is 16.5. The minimum absolute atomic E-state index is 0.594. The van der Waals surface area contributed by atoms with Crippen LogP contribution in [0, 0.1) is 5.92 Å². The Hall–Kier alpha value is -1.07. The maximum absolute atomic E-state index is 5.08. The van der Waals surface area contributed by atoms with Crippen molar-refractivity contribution in [2.24, 2.45) is 5.92 Å². The predicted molar refractivity (Wildman–Crippen MR) is 77.6 cm³/mol. The summed E-state index contributed by atoms with van der Waals surface area (Å²) in [6, 6.07) is 0.594. The minimum Gasteiger partial charge on any atom is -0.383 e. The molecule has 1 aliphatic heterocycles. The first-order valence-corrected chi connectivity index (χ1v) is 7.18. The van der Waals surface area contributed by atoms with Gasteiger partial charge >= 0.3 is 0 Å². The van der Waals surface area contributed by atoms with Crippen LogP contribution in [0.5, 0.6) is 0 Å². The lowest BCUT2D eigenvalue weighted by Gasteiger charge is -2.35. The van der Waals surface area contributed by atoms with Crippen LogP contribution in [0.3, 0.4) is 0 Å². The summed E-state index contributed by atoms with van der Waals surface area (Å²) in [7, 11) is 1.72. The van der Waals surface area contributed by atoms with Gasteiger partial charge in [-0.15, -0.1) is 0 Å². The van der Waals surface area contributed by atoms with Gasteiger partial charge in [0.2, 0.25) is 0 Å². The maximum atomic E-state index is 5.08. The zero-order valence-electron chi connectivity index (χ0n) is 12.3. The lowest BCUT2D eigenvalue weighted by Crippen LogP contribution is -2.51. The Morgan fingerprint density at radius 1 is 1.53 bits per heavy atom. The highest BCUT2D eigenvalue weighted by Crippen LogP contribution is 2.17. The van der Waals surface area contributed by atoms with E-state index in [-0.39, 0.29) is 0 Å². The van der Waals surface area contributed by atoms with E-state index in [0.29, 0.717) is 12.6 Å². The first kappa shape index (κ1) is 14.3. The van der Waals surface area contributed by atoms with Crippen LogP contribution < -0.4 is 10.2 Å². The Bertz CT molecular complexity index is 377. The van der Waals surface area contributed by atoms with Crippen LogP contribution in [-0.2, 0) is 11.3 Å². The highest BCUT2D eigenvalue weighted by Gasteiger charge is 2.21. The fourth-order valence-corrected chi connectivity index (χ4v) is 2.61. The molecule has 0 bridgehead atoms. The van der Waals surface area contributed by atoms with Crippen LogP contribution in [0.2, 0.25) is 0 Å². The molecule has 1 fully saturated rings. The zero-order valence-corrected chi connectivity index (χ0v) is 12.3. The standard InChI is InChI=1S/C14H26N4O/c1-12(2)8-13-10-17(5-4-15-13)14-9-16-18(11-14)6-7-19-3/h9,11-13,15H,4-8,10H2,1-3H3. The molecule has 1 aliphatic rings. The van der Waals surface area contributed by atoms with E-state index in [2.05, 4.69) is 35.4 Å². The molecule has 5 nitrogen and oxygen atoms in total. The quantitative estimate of drug-likeness (QED) is 0.844. The molecule has 0 spiro atoms. The summed E-state index contributed by atoms with van der Waals surface area (Å²) in [6.45, 7) is 9.28. The molecule has 1 atom stereocenters. The molecule has 0 aromatic carbocycles. The molecule has 0 amide bonds. The van der Waals surface area contributed by atoms with E-state index in [9.17, 15) is 0 Å². The third-order valence-electron chi connectivity index (χ3n) is 3.52. The summed E-state index contributed by atoms with van der Waals surface area (Å²) in [5.74, 6) is 0.738. The monoisotopic (exact) mass is 266 g/mol. The Kier molecular flexibility index (Phi) is 5.22. The molecule has 1 aromatic heterocycles. The average molecular weight is 266 g/mol. The van der Waals surface area contributed by atoms with E-state index in [1.54, 1.807) is 7.11 Å². The molecular formula is C14H26N4O. The predicted octanol–water partition coefficient (Wildman–Crippen LogP) is 1.35. The fraction of sp³-hybridized carbons (Fsp3) is 0.786. The van der Waals surface area contributed by atoms with Crippen LogP contribution in [0.25, 0.3) is 0 Å². The normalized spacial score (nSPS) is 20.2. The summed E-state index contributed by atoms with van der Waals surface area (Å²) in [5.41, 5.74) is 1.23. The SMILES string of the molecule is COCCn1cc(N2CCNC(CC(C)C)C2)cn1. The number of hydrogen-bond acceptors (Lipinski definition) is 4. The van der Waals surface area contributed by atoms with Crippen LogP contribution >= 0.6 is 0 Å². The molecule has 1 N–H and O–H groups in total. The van der Waals surface area contributed by atoms with Gasteiger partial charge in [-0.1, -0.05) is 13.8 Å². The summed E-state index contributed by atoms with van der Waals surface area (Å²) in [6.07, 6.45) is 5.32. The topological polar surface area (TPSA) is 42.3 Å². The molecule has 0 saturated carbocycles. The lowest BCUT2D eigenvalue weighted by molar-refractivity contribution is 0.183. The van der Waals surface area contributed by atoms with Crippen LogP contribution in [-0.4, -0.2) is 49.2 Å². The number of piperazine rings is 1. The molecule has 5 heteroatoms. The number of aromatic nitrogens is 2. The number of nitrogens with zero attached hydrogens (tertiary/aromatic N) is 3. The number of nitrogens with one attached hydrogen (secondary N) is 1. The Labute approximate surface area is 115 Å². The zero-order chi connectivity index (χ0) is 13.7. The summed E-state index contributed by atoms with van der Waals surface area (Å²) in [5, 5.41) is 7.99. The maximum Gasteiger partial charge on any atom is 0.0753 e. The highest BCUT2D eigenvalue weighted by molar-refractivity contribution is 5.43. The number of ether oxygens (including phenoxy) is 1. The summed E-state index contributed by atoms with van der Waals surface area (Å²) < 4.78 is 7.03. The fourth-order valence-electron chi connectivity index (χ4n) is 2.61. The smallest absolute Gasteiger partial charge is 0.0753 e. The van der Waals surface area contributed by atoms with Gasteiger partial charge in [-0.05, 0) is 12.3 Å². The van der Waals surface area contributed by atoms with E-state index >= 15 is 0 Å². The van der Waals surface area contributed by atoms with Crippen LogP contribution in [0.1, 0.15) is 20.3 Å². The van der Waals surface area contributed by atoms with Crippen molar-refractivity contribution < 1.29 is 4.74 Å².